The van der Waals surface area contributed by atoms with Gasteiger partial charge in [-0.2, -0.15) is 0 Å². The first-order chi connectivity index (χ1) is 11.6. The Balaban J connectivity index is 0.000000141. The Morgan fingerprint density at radius 3 is 2.38 bits per heavy atom. The number of rotatable bonds is 0. The van der Waals surface area contributed by atoms with Gasteiger partial charge in [0.25, 0.3) is 0 Å². The molecule has 0 saturated heterocycles. The van der Waals surface area contributed by atoms with Crippen molar-refractivity contribution >= 4 is 37.7 Å². The largest absolute Gasteiger partial charge is 0.256 e. The molecule has 120 valence electrons. The van der Waals surface area contributed by atoms with E-state index in [-0.39, 0.29) is 5.82 Å². The average Bonchev–Trinajstić information content (AvgIpc) is 2.60. The molecule has 0 N–H and O–H groups in total. The molecule has 2 aromatic heterocycles. The Bertz CT molecular complexity index is 966. The number of hydrogen-bond acceptors (Lipinski definition) is 2. The van der Waals surface area contributed by atoms with Gasteiger partial charge in [-0.25, -0.2) is 4.39 Å². The first kappa shape index (κ1) is 16.5. The van der Waals surface area contributed by atoms with E-state index in [1.807, 2.05) is 30.5 Å². The van der Waals surface area contributed by atoms with Crippen LogP contribution in [0.4, 0.5) is 4.39 Å². The standard InChI is InChI=1S/C10H8BrN.C10H8FN/c1-7-5-8-3-2-4-12-10(8)6-9(7)11;1-7-8-3-2-6-12-10(8)5-4-9(7)11/h2*2-6H,1H3. The van der Waals surface area contributed by atoms with Gasteiger partial charge in [0.05, 0.1) is 11.0 Å². The van der Waals surface area contributed by atoms with E-state index in [1.54, 1.807) is 19.2 Å². The topological polar surface area (TPSA) is 25.8 Å². The highest BCUT2D eigenvalue weighted by atomic mass is 79.9. The van der Waals surface area contributed by atoms with Gasteiger partial charge in [0.1, 0.15) is 5.82 Å². The van der Waals surface area contributed by atoms with Gasteiger partial charge < -0.3 is 0 Å². The summed E-state index contributed by atoms with van der Waals surface area (Å²) in [5, 5.41) is 2.08. The van der Waals surface area contributed by atoms with Crippen LogP contribution in [-0.2, 0) is 0 Å². The molecule has 0 bridgehead atoms. The van der Waals surface area contributed by atoms with Gasteiger partial charge in [0, 0.05) is 27.6 Å². The molecule has 0 aliphatic heterocycles. The molecule has 4 aromatic rings. The summed E-state index contributed by atoms with van der Waals surface area (Å²) in [6, 6.07) is 15.0. The molecule has 0 aliphatic rings. The number of halogens is 2. The van der Waals surface area contributed by atoms with Gasteiger partial charge in [-0.15, -0.1) is 0 Å². The van der Waals surface area contributed by atoms with Crippen LogP contribution in [0.1, 0.15) is 11.1 Å². The van der Waals surface area contributed by atoms with E-state index in [1.165, 1.54) is 17.0 Å². The summed E-state index contributed by atoms with van der Waals surface area (Å²) in [4.78, 5) is 8.37. The molecule has 2 nitrogen and oxygen atoms in total. The second-order valence-corrected chi connectivity index (χ2v) is 6.39. The summed E-state index contributed by atoms with van der Waals surface area (Å²) in [5.74, 6) is -0.171. The van der Waals surface area contributed by atoms with Crippen molar-refractivity contribution in [1.82, 2.24) is 9.97 Å². The van der Waals surface area contributed by atoms with Crippen LogP contribution in [0.2, 0.25) is 0 Å². The van der Waals surface area contributed by atoms with E-state index in [0.29, 0.717) is 5.56 Å². The predicted octanol–water partition coefficient (Wildman–Crippen LogP) is 5.99. The van der Waals surface area contributed by atoms with Crippen molar-refractivity contribution < 1.29 is 4.39 Å². The smallest absolute Gasteiger partial charge is 0.126 e. The van der Waals surface area contributed by atoms with Crippen LogP contribution in [0.5, 0.6) is 0 Å². The SMILES string of the molecule is Cc1c(F)ccc2ncccc12.Cc1cc2cccnc2cc1Br. The van der Waals surface area contributed by atoms with Crippen molar-refractivity contribution in [1.29, 1.82) is 0 Å². The highest BCUT2D eigenvalue weighted by molar-refractivity contribution is 9.10. The van der Waals surface area contributed by atoms with Gasteiger partial charge >= 0.3 is 0 Å². The van der Waals surface area contributed by atoms with Gasteiger partial charge in [0.15, 0.2) is 0 Å². The van der Waals surface area contributed by atoms with Crippen LogP contribution in [0.25, 0.3) is 21.8 Å². The first-order valence-electron chi connectivity index (χ1n) is 7.57. The number of aryl methyl sites for hydroxylation is 2. The Kier molecular flexibility index (Phi) is 4.86. The molecular formula is C20H16BrFN2. The minimum Gasteiger partial charge on any atom is -0.256 e. The maximum atomic E-state index is 13.0. The van der Waals surface area contributed by atoms with E-state index in [9.17, 15) is 4.39 Å². The Morgan fingerprint density at radius 2 is 1.58 bits per heavy atom. The minimum atomic E-state index is -0.171. The summed E-state index contributed by atoms with van der Waals surface area (Å²) in [7, 11) is 0. The second kappa shape index (κ2) is 7.05. The van der Waals surface area contributed by atoms with E-state index in [4.69, 9.17) is 0 Å². The van der Waals surface area contributed by atoms with E-state index >= 15 is 0 Å². The lowest BCUT2D eigenvalue weighted by molar-refractivity contribution is 0.621. The maximum absolute atomic E-state index is 13.0. The van der Waals surface area contributed by atoms with Crippen molar-refractivity contribution in [3.05, 3.63) is 82.3 Å². The van der Waals surface area contributed by atoms with Crippen LogP contribution in [0.15, 0.2) is 65.4 Å². The van der Waals surface area contributed by atoms with E-state index < -0.39 is 0 Å². The lowest BCUT2D eigenvalue weighted by Gasteiger charge is -2.00. The first-order valence-corrected chi connectivity index (χ1v) is 8.36. The molecule has 0 radical (unpaired) electrons. The number of benzene rings is 2. The summed E-state index contributed by atoms with van der Waals surface area (Å²) in [6.07, 6.45) is 3.52. The van der Waals surface area contributed by atoms with Gasteiger partial charge in [-0.3, -0.25) is 9.97 Å². The minimum absolute atomic E-state index is 0.171. The third kappa shape index (κ3) is 3.44. The fraction of sp³-hybridized carbons (Fsp3) is 0.100. The lowest BCUT2D eigenvalue weighted by Crippen LogP contribution is -1.85. The van der Waals surface area contributed by atoms with Crippen LogP contribution < -0.4 is 0 Å². The molecule has 0 unspecified atom stereocenters. The normalized spacial score (nSPS) is 10.5. The molecule has 0 saturated carbocycles. The average molecular weight is 383 g/mol. The molecule has 4 heteroatoms. The number of nitrogens with zero attached hydrogens (tertiary/aromatic N) is 2. The molecule has 0 aliphatic carbocycles. The van der Waals surface area contributed by atoms with Crippen molar-refractivity contribution in [2.75, 3.05) is 0 Å². The molecular weight excluding hydrogens is 367 g/mol. The quantitative estimate of drug-likeness (QED) is 0.373. The number of aromatic nitrogens is 2. The molecule has 0 spiro atoms. The zero-order valence-electron chi connectivity index (χ0n) is 13.4. The fourth-order valence-electron chi connectivity index (χ4n) is 2.48. The van der Waals surface area contributed by atoms with Crippen molar-refractivity contribution in [3.63, 3.8) is 0 Å². The number of hydrogen-bond donors (Lipinski definition) is 0. The zero-order valence-corrected chi connectivity index (χ0v) is 15.0. The molecule has 0 atom stereocenters. The number of pyridine rings is 2. The highest BCUT2D eigenvalue weighted by Crippen LogP contribution is 2.22. The van der Waals surface area contributed by atoms with Crippen LogP contribution in [0, 0.1) is 19.7 Å². The monoisotopic (exact) mass is 382 g/mol. The van der Waals surface area contributed by atoms with Crippen LogP contribution in [-0.4, -0.2) is 9.97 Å². The Morgan fingerprint density at radius 1 is 0.875 bits per heavy atom. The Hall–Kier alpha value is -2.33. The van der Waals surface area contributed by atoms with Gasteiger partial charge in [-0.1, -0.05) is 28.1 Å². The predicted molar refractivity (Wildman–Crippen MR) is 101 cm³/mol. The second-order valence-electron chi connectivity index (χ2n) is 5.54. The Labute approximate surface area is 148 Å². The summed E-state index contributed by atoms with van der Waals surface area (Å²) in [5.41, 5.74) is 3.79. The highest BCUT2D eigenvalue weighted by Gasteiger charge is 2.01. The van der Waals surface area contributed by atoms with E-state index in [0.717, 1.165) is 20.9 Å². The molecule has 0 amide bonds. The molecule has 2 heterocycles. The maximum Gasteiger partial charge on any atom is 0.126 e. The summed E-state index contributed by atoms with van der Waals surface area (Å²) in [6.45, 7) is 3.84. The van der Waals surface area contributed by atoms with Gasteiger partial charge in [0.2, 0.25) is 0 Å². The molecule has 24 heavy (non-hydrogen) atoms. The molecule has 0 fully saturated rings. The van der Waals surface area contributed by atoms with Crippen molar-refractivity contribution in [3.8, 4) is 0 Å². The van der Waals surface area contributed by atoms with Crippen molar-refractivity contribution in [2.45, 2.75) is 13.8 Å². The van der Waals surface area contributed by atoms with Crippen LogP contribution in [0.3, 0.4) is 0 Å². The summed E-state index contributed by atoms with van der Waals surface area (Å²) < 4.78 is 14.1. The molecule has 2 aromatic carbocycles. The van der Waals surface area contributed by atoms with Gasteiger partial charge in [-0.05, 0) is 61.4 Å². The van der Waals surface area contributed by atoms with Crippen molar-refractivity contribution in [2.24, 2.45) is 0 Å². The number of fused-ring (bicyclic) bond motifs is 2. The lowest BCUT2D eigenvalue weighted by atomic mass is 10.1. The summed E-state index contributed by atoms with van der Waals surface area (Å²) >= 11 is 3.48. The molecule has 4 rings (SSSR count). The fourth-order valence-corrected chi connectivity index (χ4v) is 2.81. The third-order valence-electron chi connectivity index (χ3n) is 3.87. The van der Waals surface area contributed by atoms with Crippen LogP contribution >= 0.6 is 15.9 Å². The third-order valence-corrected chi connectivity index (χ3v) is 4.73. The van der Waals surface area contributed by atoms with E-state index in [2.05, 4.69) is 45.0 Å². The zero-order chi connectivity index (χ0) is 17.1.